The number of hydrogen-bond acceptors (Lipinski definition) is 6. The summed E-state index contributed by atoms with van der Waals surface area (Å²) >= 11 is 0. The second-order valence-corrected chi connectivity index (χ2v) is 18.1. The number of fused-ring (bicyclic) bond motifs is 2. The van der Waals surface area contributed by atoms with Crippen LogP contribution in [0.1, 0.15) is 133 Å². The Morgan fingerprint density at radius 2 is 1.02 bits per heavy atom. The number of ether oxygens (including phenoxy) is 2. The van der Waals surface area contributed by atoms with Gasteiger partial charge < -0.3 is 9.47 Å². The summed E-state index contributed by atoms with van der Waals surface area (Å²) in [6.07, 6.45) is 12.2. The molecule has 2 unspecified atom stereocenters. The highest BCUT2D eigenvalue weighted by Gasteiger charge is 2.59. The Balaban J connectivity index is 1.27. The second kappa shape index (κ2) is 10.3. The molecule has 1 aromatic rings. The Hall–Kier alpha value is -1.93. The van der Waals surface area contributed by atoms with Gasteiger partial charge in [0.15, 0.2) is 0 Å². The van der Waals surface area contributed by atoms with Gasteiger partial charge in [-0.3, -0.25) is 4.55 Å². The van der Waals surface area contributed by atoms with Crippen LogP contribution in [0.15, 0.2) is 23.1 Å². The largest absolute Gasteiger partial charge is 0.455 e. The van der Waals surface area contributed by atoms with Crippen LogP contribution in [-0.2, 0) is 19.6 Å². The van der Waals surface area contributed by atoms with Gasteiger partial charge in [0, 0.05) is 10.8 Å². The molecule has 43 heavy (non-hydrogen) atoms. The molecule has 2 atom stereocenters. The summed E-state index contributed by atoms with van der Waals surface area (Å²) in [5.74, 6) is 2.29. The number of esters is 2. The van der Waals surface area contributed by atoms with Gasteiger partial charge in [-0.05, 0) is 152 Å². The zero-order chi connectivity index (χ0) is 31.2. The van der Waals surface area contributed by atoms with Crippen LogP contribution in [0.3, 0.4) is 0 Å². The van der Waals surface area contributed by atoms with E-state index >= 15 is 0 Å². The topological polar surface area (TPSA) is 107 Å². The minimum absolute atomic E-state index is 0.0755. The molecule has 6 aliphatic rings. The normalized spacial score (nSPS) is 37.2. The Kier molecular flexibility index (Phi) is 7.44. The first kappa shape index (κ1) is 31.1. The molecule has 238 valence electrons. The molecule has 6 fully saturated rings. The average Bonchev–Trinajstić information content (AvgIpc) is 2.85. The van der Waals surface area contributed by atoms with Crippen LogP contribution in [0, 0.1) is 46.3 Å². The highest BCUT2D eigenvalue weighted by Crippen LogP contribution is 2.64. The first-order chi connectivity index (χ1) is 19.9. The van der Waals surface area contributed by atoms with E-state index in [9.17, 15) is 22.6 Å². The molecule has 6 saturated carbocycles. The first-order valence-electron chi connectivity index (χ1n) is 16.5. The van der Waals surface area contributed by atoms with Crippen LogP contribution in [-0.4, -0.2) is 36.1 Å². The fourth-order valence-corrected chi connectivity index (χ4v) is 11.6. The fourth-order valence-electron chi connectivity index (χ4n) is 11.1. The van der Waals surface area contributed by atoms with Gasteiger partial charge in [-0.25, -0.2) is 9.59 Å². The van der Waals surface area contributed by atoms with E-state index in [1.807, 2.05) is 27.7 Å². The highest BCUT2D eigenvalue weighted by molar-refractivity contribution is 7.85. The maximum atomic E-state index is 13.7. The van der Waals surface area contributed by atoms with Gasteiger partial charge >= 0.3 is 11.9 Å². The summed E-state index contributed by atoms with van der Waals surface area (Å²) in [4.78, 5) is 26.9. The number of carbonyl (C=O) groups is 2. The van der Waals surface area contributed by atoms with Gasteiger partial charge in [-0.1, -0.05) is 13.8 Å². The number of rotatable bonds is 7. The van der Waals surface area contributed by atoms with Gasteiger partial charge in [0.05, 0.1) is 16.0 Å². The van der Waals surface area contributed by atoms with Crippen molar-refractivity contribution in [3.05, 3.63) is 29.3 Å². The summed E-state index contributed by atoms with van der Waals surface area (Å²) in [7, 11) is -4.70. The molecule has 6 aliphatic carbocycles. The van der Waals surface area contributed by atoms with Crippen LogP contribution in [0.5, 0.6) is 0 Å². The predicted molar refractivity (Wildman–Crippen MR) is 163 cm³/mol. The SMILES string of the molecule is CC1CC2CC(C)CC(C(C)(C)OC(=O)c3cc(C(=O)OC(C)(C)C45CC6CC(CC(C6)C4)C5)cc(S(=O)(=O)O)c3)(C1)C2. The maximum Gasteiger partial charge on any atom is 0.338 e. The molecule has 8 heteroatoms. The van der Waals surface area contributed by atoms with Crippen molar-refractivity contribution in [1.82, 2.24) is 0 Å². The summed E-state index contributed by atoms with van der Waals surface area (Å²) in [5.41, 5.74) is -2.00. The molecular formula is C35H50O7S. The van der Waals surface area contributed by atoms with Crippen LogP contribution >= 0.6 is 0 Å². The van der Waals surface area contributed by atoms with Crippen LogP contribution in [0.2, 0.25) is 0 Å². The summed E-state index contributed by atoms with van der Waals surface area (Å²) < 4.78 is 47.0. The van der Waals surface area contributed by atoms with Crippen molar-refractivity contribution in [3.8, 4) is 0 Å². The van der Waals surface area contributed by atoms with Crippen LogP contribution in [0.4, 0.5) is 0 Å². The maximum absolute atomic E-state index is 13.7. The van der Waals surface area contributed by atoms with E-state index < -0.39 is 38.2 Å². The van der Waals surface area contributed by atoms with E-state index in [2.05, 4.69) is 13.8 Å². The molecule has 0 radical (unpaired) electrons. The summed E-state index contributed by atoms with van der Waals surface area (Å²) in [5, 5.41) is 0. The highest BCUT2D eigenvalue weighted by atomic mass is 32.2. The number of hydrogen-bond donors (Lipinski definition) is 1. The minimum Gasteiger partial charge on any atom is -0.455 e. The monoisotopic (exact) mass is 614 g/mol. The summed E-state index contributed by atoms with van der Waals surface area (Å²) in [6, 6.07) is 3.56. The van der Waals surface area contributed by atoms with Crippen molar-refractivity contribution in [2.75, 3.05) is 0 Å². The van der Waals surface area contributed by atoms with Crippen molar-refractivity contribution in [3.63, 3.8) is 0 Å². The smallest absolute Gasteiger partial charge is 0.338 e. The van der Waals surface area contributed by atoms with Crippen LogP contribution in [0.25, 0.3) is 0 Å². The Bertz CT molecular complexity index is 1350. The third kappa shape index (κ3) is 5.57. The van der Waals surface area contributed by atoms with Gasteiger partial charge in [-0.2, -0.15) is 8.42 Å². The average molecular weight is 615 g/mol. The molecule has 0 heterocycles. The fraction of sp³-hybridized carbons (Fsp3) is 0.771. The van der Waals surface area contributed by atoms with E-state index in [-0.39, 0.29) is 22.0 Å². The lowest BCUT2D eigenvalue weighted by Gasteiger charge is -2.61. The van der Waals surface area contributed by atoms with E-state index in [0.29, 0.717) is 35.5 Å². The summed E-state index contributed by atoms with van der Waals surface area (Å²) in [6.45, 7) is 12.4. The van der Waals surface area contributed by atoms with E-state index in [1.165, 1.54) is 38.2 Å². The zero-order valence-electron chi connectivity index (χ0n) is 26.8. The quantitative estimate of drug-likeness (QED) is 0.246. The predicted octanol–water partition coefficient (Wildman–Crippen LogP) is 7.87. The lowest BCUT2D eigenvalue weighted by molar-refractivity contribution is -0.164. The van der Waals surface area contributed by atoms with Crippen molar-refractivity contribution in [1.29, 1.82) is 0 Å². The van der Waals surface area contributed by atoms with Gasteiger partial charge in [0.1, 0.15) is 11.2 Å². The van der Waals surface area contributed by atoms with Crippen LogP contribution < -0.4 is 0 Å². The zero-order valence-corrected chi connectivity index (χ0v) is 27.6. The molecule has 0 saturated heterocycles. The van der Waals surface area contributed by atoms with Crippen molar-refractivity contribution in [2.24, 2.45) is 46.3 Å². The minimum atomic E-state index is -4.70. The molecule has 0 spiro atoms. The molecular weight excluding hydrogens is 564 g/mol. The molecule has 0 aromatic heterocycles. The Morgan fingerprint density at radius 3 is 1.40 bits per heavy atom. The van der Waals surface area contributed by atoms with Crippen molar-refractivity contribution >= 4 is 22.1 Å². The molecule has 6 bridgehead atoms. The Labute approximate surface area is 257 Å². The third-order valence-electron chi connectivity index (χ3n) is 12.6. The van der Waals surface area contributed by atoms with Crippen molar-refractivity contribution < 1.29 is 32.0 Å². The Morgan fingerprint density at radius 1 is 0.674 bits per heavy atom. The molecule has 0 aliphatic heterocycles. The first-order valence-corrected chi connectivity index (χ1v) is 17.9. The molecule has 1 aromatic carbocycles. The van der Waals surface area contributed by atoms with Gasteiger partial charge in [0.25, 0.3) is 10.1 Å². The van der Waals surface area contributed by atoms with Crippen molar-refractivity contribution in [2.45, 2.75) is 128 Å². The van der Waals surface area contributed by atoms with E-state index in [4.69, 9.17) is 9.47 Å². The number of carbonyl (C=O) groups excluding carboxylic acids is 2. The molecule has 7 rings (SSSR count). The second-order valence-electron chi connectivity index (χ2n) is 16.7. The number of benzene rings is 1. The van der Waals surface area contributed by atoms with Gasteiger partial charge in [-0.15, -0.1) is 0 Å². The van der Waals surface area contributed by atoms with E-state index in [1.54, 1.807) is 0 Å². The molecule has 7 nitrogen and oxygen atoms in total. The standard InChI is InChI=1S/C35H50O7S/c1-21-7-23-8-22(2)16-34(15-21,17-23)32(3,4)41-30(36)27-12-28(14-29(13-27)43(38,39)40)31(37)42-33(5,6)35-18-24-9-25(19-35)11-26(10-24)20-35/h12-14,21-26H,7-11,15-20H2,1-6H3,(H,38,39,40). The van der Waals surface area contributed by atoms with Gasteiger partial charge in [0.2, 0.25) is 0 Å². The molecule has 0 amide bonds. The van der Waals surface area contributed by atoms with E-state index in [0.717, 1.165) is 50.7 Å². The lowest BCUT2D eigenvalue weighted by Crippen LogP contribution is -2.57. The molecule has 1 N–H and O–H groups in total. The lowest BCUT2D eigenvalue weighted by atomic mass is 9.46. The third-order valence-corrected chi connectivity index (χ3v) is 13.4.